The van der Waals surface area contributed by atoms with E-state index in [1.807, 2.05) is 12.1 Å². The van der Waals surface area contributed by atoms with Gasteiger partial charge in [-0.1, -0.05) is 0 Å². The minimum atomic E-state index is -0.687. The molecule has 0 amide bonds. The zero-order valence-corrected chi connectivity index (χ0v) is 12.8. The largest absolute Gasteiger partial charge is 0.312 e. The molecule has 0 saturated carbocycles. The molecule has 2 rings (SSSR count). The molecular weight excluding hydrogens is 346 g/mol. The van der Waals surface area contributed by atoms with Crippen molar-refractivity contribution in [3.63, 3.8) is 0 Å². The van der Waals surface area contributed by atoms with Crippen molar-refractivity contribution in [2.75, 3.05) is 6.54 Å². The number of hydrogen-bond acceptors (Lipinski definition) is 3. The monoisotopic (exact) mass is 356 g/mol. The second-order valence-electron chi connectivity index (χ2n) is 4.16. The molecule has 0 spiro atoms. The highest BCUT2D eigenvalue weighted by molar-refractivity contribution is 9.11. The van der Waals surface area contributed by atoms with Gasteiger partial charge in [0.2, 0.25) is 0 Å². The first-order valence-electron chi connectivity index (χ1n) is 5.93. The van der Waals surface area contributed by atoms with Crippen LogP contribution in [0.4, 0.5) is 8.78 Å². The van der Waals surface area contributed by atoms with Crippen molar-refractivity contribution < 1.29 is 8.78 Å². The summed E-state index contributed by atoms with van der Waals surface area (Å²) in [5.74, 6) is -1.37. The van der Waals surface area contributed by atoms with Crippen molar-refractivity contribution in [3.8, 4) is 6.07 Å². The maximum absolute atomic E-state index is 13.6. The van der Waals surface area contributed by atoms with Gasteiger partial charge in [-0.3, -0.25) is 0 Å². The fourth-order valence-corrected chi connectivity index (χ4v) is 3.23. The van der Waals surface area contributed by atoms with E-state index in [9.17, 15) is 8.78 Å². The quantitative estimate of drug-likeness (QED) is 0.822. The molecule has 0 atom stereocenters. The summed E-state index contributed by atoms with van der Waals surface area (Å²) in [6, 6.07) is 7.81. The minimum Gasteiger partial charge on any atom is -0.312 e. The third-order valence-corrected chi connectivity index (χ3v) is 4.43. The van der Waals surface area contributed by atoms with Crippen LogP contribution < -0.4 is 5.32 Å². The normalized spacial score (nSPS) is 10.5. The fourth-order valence-electron chi connectivity index (χ4n) is 1.75. The van der Waals surface area contributed by atoms with Gasteiger partial charge in [-0.25, -0.2) is 8.78 Å². The van der Waals surface area contributed by atoms with Crippen LogP contribution in [0.5, 0.6) is 0 Å². The van der Waals surface area contributed by atoms with Crippen LogP contribution in [0.15, 0.2) is 28.1 Å². The Balaban J connectivity index is 1.90. The van der Waals surface area contributed by atoms with Gasteiger partial charge in [0.15, 0.2) is 0 Å². The smallest absolute Gasteiger partial charge is 0.131 e. The Kier molecular flexibility index (Phi) is 5.24. The molecule has 0 aliphatic carbocycles. The van der Waals surface area contributed by atoms with Crippen LogP contribution in [0.1, 0.15) is 16.0 Å². The number of halogens is 3. The lowest BCUT2D eigenvalue weighted by molar-refractivity contribution is 0.536. The fraction of sp³-hybridized carbons (Fsp3) is 0.214. The van der Waals surface area contributed by atoms with Crippen molar-refractivity contribution in [2.45, 2.75) is 13.0 Å². The molecule has 1 N–H and O–H groups in total. The van der Waals surface area contributed by atoms with Crippen LogP contribution >= 0.6 is 27.3 Å². The third-order valence-electron chi connectivity index (χ3n) is 2.75. The molecule has 0 bridgehead atoms. The number of rotatable bonds is 5. The van der Waals surface area contributed by atoms with E-state index in [1.54, 1.807) is 17.4 Å². The van der Waals surface area contributed by atoms with Crippen molar-refractivity contribution in [1.29, 1.82) is 5.26 Å². The Morgan fingerprint density at radius 2 is 1.95 bits per heavy atom. The number of hydrogen-bond donors (Lipinski definition) is 1. The lowest BCUT2D eigenvalue weighted by Crippen LogP contribution is -2.18. The maximum Gasteiger partial charge on any atom is 0.131 e. The molecule has 0 radical (unpaired) electrons. The van der Waals surface area contributed by atoms with E-state index in [4.69, 9.17) is 5.26 Å². The van der Waals surface area contributed by atoms with Gasteiger partial charge in [-0.05, 0) is 46.6 Å². The maximum atomic E-state index is 13.6. The van der Waals surface area contributed by atoms with Crippen LogP contribution in [0.25, 0.3) is 0 Å². The summed E-state index contributed by atoms with van der Waals surface area (Å²) in [5, 5.41) is 11.6. The zero-order valence-electron chi connectivity index (χ0n) is 10.4. The Labute approximate surface area is 128 Å². The molecule has 1 aromatic heterocycles. The topological polar surface area (TPSA) is 35.8 Å². The Bertz CT molecular complexity index is 626. The molecule has 0 fully saturated rings. The zero-order chi connectivity index (χ0) is 14.5. The molecule has 0 saturated heterocycles. The average Bonchev–Trinajstić information content (AvgIpc) is 2.82. The van der Waals surface area contributed by atoms with E-state index in [2.05, 4.69) is 21.2 Å². The Hall–Kier alpha value is -1.29. The molecule has 104 valence electrons. The van der Waals surface area contributed by atoms with Crippen molar-refractivity contribution >= 4 is 27.3 Å². The van der Waals surface area contributed by atoms with Gasteiger partial charge in [0.05, 0.1) is 15.4 Å². The van der Waals surface area contributed by atoms with E-state index >= 15 is 0 Å². The van der Waals surface area contributed by atoms with Gasteiger partial charge in [0.25, 0.3) is 0 Å². The van der Waals surface area contributed by atoms with E-state index in [0.29, 0.717) is 6.54 Å². The first kappa shape index (κ1) is 15.1. The summed E-state index contributed by atoms with van der Waals surface area (Å²) in [6.45, 7) is 0.738. The summed E-state index contributed by atoms with van der Waals surface area (Å²) in [5.41, 5.74) is -0.0384. The van der Waals surface area contributed by atoms with E-state index in [0.717, 1.165) is 22.3 Å². The predicted molar refractivity (Wildman–Crippen MR) is 78.5 cm³/mol. The predicted octanol–water partition coefficient (Wildman–Crippen LogP) is 3.99. The molecule has 2 nitrogen and oxygen atoms in total. The molecule has 0 unspecified atom stereocenters. The Morgan fingerprint density at radius 3 is 2.50 bits per heavy atom. The van der Waals surface area contributed by atoms with Gasteiger partial charge in [0, 0.05) is 23.5 Å². The van der Waals surface area contributed by atoms with Crippen molar-refractivity contribution in [3.05, 3.63) is 55.7 Å². The van der Waals surface area contributed by atoms with E-state index in [-0.39, 0.29) is 17.7 Å². The molecule has 6 heteroatoms. The number of benzene rings is 1. The molecular formula is C14H11BrF2N2S. The number of nitrogens with one attached hydrogen (secondary N) is 1. The van der Waals surface area contributed by atoms with Crippen molar-refractivity contribution in [2.24, 2.45) is 0 Å². The molecule has 0 aliphatic rings. The highest BCUT2D eigenvalue weighted by atomic mass is 79.9. The minimum absolute atomic E-state index is 0.00724. The first-order chi connectivity index (χ1) is 9.60. The lowest BCUT2D eigenvalue weighted by atomic mass is 10.1. The Morgan fingerprint density at radius 1 is 1.25 bits per heavy atom. The van der Waals surface area contributed by atoms with Gasteiger partial charge in [0.1, 0.15) is 11.6 Å². The van der Waals surface area contributed by atoms with E-state index in [1.165, 1.54) is 4.88 Å². The molecule has 0 aliphatic heterocycles. The summed E-state index contributed by atoms with van der Waals surface area (Å²) >= 11 is 5.02. The van der Waals surface area contributed by atoms with Crippen LogP contribution in [0.2, 0.25) is 0 Å². The van der Waals surface area contributed by atoms with E-state index < -0.39 is 11.6 Å². The van der Waals surface area contributed by atoms with Gasteiger partial charge in [-0.15, -0.1) is 11.3 Å². The number of nitrogens with zero attached hydrogens (tertiary/aromatic N) is 1. The molecule has 1 aromatic carbocycles. The third kappa shape index (κ3) is 3.85. The van der Waals surface area contributed by atoms with Crippen LogP contribution in [-0.2, 0) is 13.0 Å². The highest BCUT2D eigenvalue weighted by Gasteiger charge is 2.10. The molecule has 20 heavy (non-hydrogen) atoms. The standard InChI is InChI=1S/C14H11BrF2N2S/c15-14-2-1-10(20-14)3-4-19-8-11-12(16)5-9(7-18)6-13(11)17/h1-2,5-6,19H,3-4,8H2. The van der Waals surface area contributed by atoms with Gasteiger partial charge in [-0.2, -0.15) is 5.26 Å². The first-order valence-corrected chi connectivity index (χ1v) is 7.54. The van der Waals surface area contributed by atoms with Crippen LogP contribution in [-0.4, -0.2) is 6.54 Å². The molecule has 2 aromatic rings. The summed E-state index contributed by atoms with van der Waals surface area (Å²) in [6.07, 6.45) is 0.801. The SMILES string of the molecule is N#Cc1cc(F)c(CNCCc2ccc(Br)s2)c(F)c1. The lowest BCUT2D eigenvalue weighted by Gasteiger charge is -2.07. The average molecular weight is 357 g/mol. The van der Waals surface area contributed by atoms with Crippen molar-refractivity contribution in [1.82, 2.24) is 5.32 Å². The number of thiophene rings is 1. The highest BCUT2D eigenvalue weighted by Crippen LogP contribution is 2.22. The van der Waals surface area contributed by atoms with Crippen LogP contribution in [0.3, 0.4) is 0 Å². The summed E-state index contributed by atoms with van der Waals surface area (Å²) < 4.78 is 28.3. The summed E-state index contributed by atoms with van der Waals surface area (Å²) in [7, 11) is 0. The number of nitriles is 1. The second-order valence-corrected chi connectivity index (χ2v) is 6.71. The summed E-state index contributed by atoms with van der Waals surface area (Å²) in [4.78, 5) is 1.20. The van der Waals surface area contributed by atoms with Gasteiger partial charge < -0.3 is 5.32 Å². The second kappa shape index (κ2) is 6.93. The van der Waals surface area contributed by atoms with Gasteiger partial charge >= 0.3 is 0 Å². The molecule has 1 heterocycles. The van der Waals surface area contributed by atoms with Crippen LogP contribution in [0, 0.1) is 23.0 Å².